The van der Waals surface area contributed by atoms with Gasteiger partial charge in [0.05, 0.1) is 0 Å². The van der Waals surface area contributed by atoms with E-state index in [4.69, 9.17) is 0 Å². The Bertz CT molecular complexity index is 484. The number of allylic oxidation sites excluding steroid dienone is 4. The molecule has 0 bridgehead atoms. The van der Waals surface area contributed by atoms with E-state index in [1.54, 1.807) is 5.20 Å². The Morgan fingerprint density at radius 2 is 1.64 bits per heavy atom. The monoisotopic (exact) mass is 408 g/mol. The molecule has 2 rings (SSSR count). The molecule has 22 heavy (non-hydrogen) atoms. The fourth-order valence-corrected chi connectivity index (χ4v) is 5.67. The molecule has 0 spiro atoms. The number of benzene rings is 1. The standard InChI is InChI=1S/C17H23Si.3ClH.Ti/c1-5-14(2)16-12-9-13-17(16)18(3,4)15-10-7-6-8-11-15;;;;/h6-8,10-11,13-14H,5,9H2,1-4H3;3*1H;/q-1;;;;+4/p-3. The van der Waals surface area contributed by atoms with Gasteiger partial charge in [0.15, 0.2) is 0 Å². The van der Waals surface area contributed by atoms with Crippen LogP contribution in [-0.2, 0) is 21.7 Å². The third-order valence-electron chi connectivity index (χ3n) is 4.16. The number of rotatable bonds is 4. The molecular formula is C17H23Cl3SiTi. The van der Waals surface area contributed by atoms with Gasteiger partial charge in [-0.2, -0.15) is 11.3 Å². The minimum absolute atomic E-state index is 0. The van der Waals surface area contributed by atoms with E-state index in [1.165, 1.54) is 17.2 Å². The second kappa shape index (κ2) is 11.9. The van der Waals surface area contributed by atoms with Crippen molar-refractivity contribution in [3.8, 4) is 0 Å². The first kappa shape index (κ1) is 27.4. The van der Waals surface area contributed by atoms with Gasteiger partial charge in [-0.05, 0) is 0 Å². The van der Waals surface area contributed by atoms with Crippen LogP contribution >= 0.6 is 0 Å². The molecular weight excluding hydrogens is 386 g/mol. The average Bonchev–Trinajstić information content (AvgIpc) is 2.89. The van der Waals surface area contributed by atoms with E-state index in [0.29, 0.717) is 5.92 Å². The van der Waals surface area contributed by atoms with Gasteiger partial charge in [-0.1, -0.05) is 74.8 Å². The minimum atomic E-state index is -1.53. The molecule has 120 valence electrons. The summed E-state index contributed by atoms with van der Waals surface area (Å²) in [4.78, 5) is 0. The number of halogens is 3. The van der Waals surface area contributed by atoms with Gasteiger partial charge in [-0.3, -0.25) is 6.08 Å². The Hall–Kier alpha value is 0.501. The molecule has 5 heteroatoms. The van der Waals surface area contributed by atoms with Crippen molar-refractivity contribution in [3.05, 3.63) is 53.3 Å². The van der Waals surface area contributed by atoms with Gasteiger partial charge >= 0.3 is 21.7 Å². The molecule has 1 aliphatic rings. The van der Waals surface area contributed by atoms with Crippen LogP contribution in [0.4, 0.5) is 0 Å². The smallest absolute Gasteiger partial charge is 1.00 e. The molecule has 1 aliphatic carbocycles. The summed E-state index contributed by atoms with van der Waals surface area (Å²) in [6.45, 7) is 9.52. The van der Waals surface area contributed by atoms with Crippen molar-refractivity contribution in [1.29, 1.82) is 0 Å². The van der Waals surface area contributed by atoms with Crippen molar-refractivity contribution in [2.24, 2.45) is 5.92 Å². The fraction of sp³-hybridized carbons (Fsp3) is 0.412. The van der Waals surface area contributed by atoms with Gasteiger partial charge in [0.2, 0.25) is 0 Å². The van der Waals surface area contributed by atoms with Crippen LogP contribution in [0.1, 0.15) is 26.7 Å². The molecule has 1 atom stereocenters. The van der Waals surface area contributed by atoms with Gasteiger partial charge < -0.3 is 37.2 Å². The second-order valence-electron chi connectivity index (χ2n) is 5.71. The van der Waals surface area contributed by atoms with Crippen molar-refractivity contribution in [2.45, 2.75) is 39.8 Å². The largest absolute Gasteiger partial charge is 4.00 e. The van der Waals surface area contributed by atoms with E-state index in [1.807, 2.05) is 0 Å². The first-order valence-corrected chi connectivity index (χ1v) is 9.94. The summed E-state index contributed by atoms with van der Waals surface area (Å²) in [7, 11) is -1.53. The zero-order chi connectivity index (χ0) is 13.2. The van der Waals surface area contributed by atoms with Crippen LogP contribution in [0, 0.1) is 12.0 Å². The topological polar surface area (TPSA) is 0 Å². The van der Waals surface area contributed by atoms with Crippen LogP contribution in [0.3, 0.4) is 0 Å². The van der Waals surface area contributed by atoms with E-state index >= 15 is 0 Å². The summed E-state index contributed by atoms with van der Waals surface area (Å²) in [5, 5.41) is 3.14. The van der Waals surface area contributed by atoms with E-state index in [0.717, 1.165) is 6.42 Å². The Labute approximate surface area is 170 Å². The van der Waals surface area contributed by atoms with Crippen LogP contribution in [-0.4, -0.2) is 8.07 Å². The van der Waals surface area contributed by atoms with Crippen molar-refractivity contribution in [2.75, 3.05) is 0 Å². The van der Waals surface area contributed by atoms with E-state index in [9.17, 15) is 0 Å². The minimum Gasteiger partial charge on any atom is -1.00 e. The summed E-state index contributed by atoms with van der Waals surface area (Å²) in [6, 6.07) is 11.0. The summed E-state index contributed by atoms with van der Waals surface area (Å²) in [5.41, 5.74) is 1.50. The van der Waals surface area contributed by atoms with E-state index in [2.05, 4.69) is 69.4 Å². The molecule has 0 heterocycles. The summed E-state index contributed by atoms with van der Waals surface area (Å²) in [5.74, 6) is 0.647. The van der Waals surface area contributed by atoms with Crippen LogP contribution < -0.4 is 42.4 Å². The molecule has 0 aromatic heterocycles. The van der Waals surface area contributed by atoms with Crippen LogP contribution in [0.5, 0.6) is 0 Å². The van der Waals surface area contributed by atoms with Gasteiger partial charge in [-0.15, -0.1) is 6.42 Å². The molecule has 0 saturated carbocycles. The van der Waals surface area contributed by atoms with Crippen LogP contribution in [0.25, 0.3) is 0 Å². The number of hydrogen-bond donors (Lipinski definition) is 0. The molecule has 0 amide bonds. The van der Waals surface area contributed by atoms with Crippen LogP contribution in [0.15, 0.2) is 47.2 Å². The molecule has 0 nitrogen and oxygen atoms in total. The van der Waals surface area contributed by atoms with Crippen molar-refractivity contribution in [1.82, 2.24) is 0 Å². The van der Waals surface area contributed by atoms with Gasteiger partial charge in [-0.25, -0.2) is 5.57 Å². The normalized spacial score (nSPS) is 14.2. The van der Waals surface area contributed by atoms with Gasteiger partial charge in [0, 0.05) is 8.07 Å². The predicted molar refractivity (Wildman–Crippen MR) is 82.5 cm³/mol. The Morgan fingerprint density at radius 1 is 1.09 bits per heavy atom. The van der Waals surface area contributed by atoms with Crippen molar-refractivity contribution in [3.63, 3.8) is 0 Å². The molecule has 1 aromatic rings. The maximum Gasteiger partial charge on any atom is 4.00 e. The third-order valence-corrected chi connectivity index (χ3v) is 7.76. The SMILES string of the molecule is CCC(C)C1=[C-]CC=C1[Si](C)(C)c1ccccc1.[Cl-].[Cl-].[Cl-].[Ti+4]. The first-order chi connectivity index (χ1) is 8.57. The molecule has 0 N–H and O–H groups in total. The third kappa shape index (κ3) is 5.85. The molecule has 0 radical (unpaired) electrons. The summed E-state index contributed by atoms with van der Waals surface area (Å²) < 4.78 is 0. The Kier molecular flexibility index (Phi) is 14.9. The van der Waals surface area contributed by atoms with Gasteiger partial charge in [0.25, 0.3) is 0 Å². The summed E-state index contributed by atoms with van der Waals surface area (Å²) >= 11 is 0. The first-order valence-electron chi connectivity index (χ1n) is 6.94. The molecule has 1 aromatic carbocycles. The maximum absolute atomic E-state index is 3.59. The second-order valence-corrected chi connectivity index (χ2v) is 10.1. The zero-order valence-corrected chi connectivity index (χ0v) is 18.4. The van der Waals surface area contributed by atoms with Crippen molar-refractivity contribution < 1.29 is 58.9 Å². The van der Waals surface area contributed by atoms with Crippen LogP contribution in [0.2, 0.25) is 13.1 Å². The maximum atomic E-state index is 3.59. The molecule has 0 aliphatic heterocycles. The average molecular weight is 410 g/mol. The Balaban J connectivity index is -0.000000902. The molecule has 1 unspecified atom stereocenters. The molecule has 0 fully saturated rings. The molecule has 0 saturated heterocycles. The fourth-order valence-electron chi connectivity index (χ4n) is 2.71. The van der Waals surface area contributed by atoms with Crippen molar-refractivity contribution >= 4 is 13.3 Å². The van der Waals surface area contributed by atoms with Gasteiger partial charge in [0.1, 0.15) is 0 Å². The summed E-state index contributed by atoms with van der Waals surface area (Å²) in [6.07, 6.45) is 8.23. The Morgan fingerprint density at radius 3 is 2.14 bits per heavy atom. The predicted octanol–water partition coefficient (Wildman–Crippen LogP) is -4.74. The van der Waals surface area contributed by atoms with E-state index < -0.39 is 8.07 Å². The zero-order valence-electron chi connectivity index (χ0n) is 13.6. The number of hydrogen-bond acceptors (Lipinski definition) is 0. The quantitative estimate of drug-likeness (QED) is 0.346. The van der Waals surface area contributed by atoms with E-state index in [-0.39, 0.29) is 58.9 Å².